The van der Waals surface area contributed by atoms with Gasteiger partial charge in [0.2, 0.25) is 0 Å². The second kappa shape index (κ2) is 10.0. The van der Waals surface area contributed by atoms with Crippen molar-refractivity contribution in [2.24, 2.45) is 0 Å². The Morgan fingerprint density at radius 3 is 1.30 bits per heavy atom. The zero-order chi connectivity index (χ0) is 22.3. The lowest BCUT2D eigenvalue weighted by atomic mass is 10.2. The highest BCUT2D eigenvalue weighted by Crippen LogP contribution is 2.14. The summed E-state index contributed by atoms with van der Waals surface area (Å²) in [6.07, 6.45) is -4.43. The predicted molar refractivity (Wildman–Crippen MR) is 97.8 cm³/mol. The van der Waals surface area contributed by atoms with E-state index in [-0.39, 0.29) is 24.6 Å². The molecule has 2 atom stereocenters. The minimum Gasteiger partial charge on any atom is -0.459 e. The molecule has 2 N–H and O–H groups in total. The molecule has 0 amide bonds. The first-order chi connectivity index (χ1) is 14.2. The number of nitro groups is 2. The minimum atomic E-state index is -2.22. The van der Waals surface area contributed by atoms with E-state index in [2.05, 4.69) is 0 Å². The van der Waals surface area contributed by atoms with Crippen LogP contribution in [-0.4, -0.2) is 44.2 Å². The van der Waals surface area contributed by atoms with Gasteiger partial charge in [0.1, 0.15) is 13.2 Å². The van der Waals surface area contributed by atoms with Gasteiger partial charge < -0.3 is 19.7 Å². The van der Waals surface area contributed by atoms with E-state index in [1.54, 1.807) is 0 Å². The molecule has 0 fully saturated rings. The molecule has 2 aromatic carbocycles. The van der Waals surface area contributed by atoms with Crippen LogP contribution in [0.4, 0.5) is 11.4 Å². The van der Waals surface area contributed by atoms with Gasteiger partial charge in [-0.2, -0.15) is 0 Å². The van der Waals surface area contributed by atoms with Crippen molar-refractivity contribution in [3.05, 3.63) is 79.9 Å². The molecule has 0 heterocycles. The van der Waals surface area contributed by atoms with Crippen LogP contribution in [0.15, 0.2) is 48.5 Å². The third-order valence-corrected chi connectivity index (χ3v) is 3.84. The van der Waals surface area contributed by atoms with Crippen LogP contribution in [0.3, 0.4) is 0 Å². The molecule has 2 aromatic rings. The Balaban J connectivity index is 1.83. The normalized spacial score (nSPS) is 12.5. The number of hydrogen-bond donors (Lipinski definition) is 2. The van der Waals surface area contributed by atoms with E-state index in [4.69, 9.17) is 9.47 Å². The maximum atomic E-state index is 11.8. The van der Waals surface area contributed by atoms with Gasteiger partial charge >= 0.3 is 11.9 Å². The largest absolute Gasteiger partial charge is 0.459 e. The minimum absolute atomic E-state index is 0.156. The topological polar surface area (TPSA) is 179 Å². The number of nitrogens with zero attached hydrogens (tertiary/aromatic N) is 2. The maximum Gasteiger partial charge on any atom is 0.338 e. The Kier molecular flexibility index (Phi) is 7.50. The summed E-state index contributed by atoms with van der Waals surface area (Å²) in [5.74, 6) is -2.60. The fraction of sp³-hybridized carbons (Fsp3) is 0.222. The lowest BCUT2D eigenvalue weighted by molar-refractivity contribution is -0.385. The van der Waals surface area contributed by atoms with Crippen molar-refractivity contribution in [1.29, 1.82) is 0 Å². The zero-order valence-corrected chi connectivity index (χ0v) is 15.2. The summed E-state index contributed by atoms with van der Waals surface area (Å²) in [5.41, 5.74) is 0.459. The number of esters is 2. The number of hydrogen-bond acceptors (Lipinski definition) is 10. The Bertz CT molecular complexity index is 849. The second-order valence-electron chi connectivity index (χ2n) is 5.95. The van der Waals surface area contributed by atoms with Crippen molar-refractivity contribution in [3.63, 3.8) is 0 Å². The van der Waals surface area contributed by atoms with Crippen LogP contribution in [-0.2, 0) is 32.3 Å². The monoisotopic (exact) mass is 420 g/mol. The van der Waals surface area contributed by atoms with Crippen LogP contribution in [0, 0.1) is 20.2 Å². The van der Waals surface area contributed by atoms with Gasteiger partial charge in [-0.15, -0.1) is 0 Å². The van der Waals surface area contributed by atoms with Crippen molar-refractivity contribution >= 4 is 23.3 Å². The molecule has 12 nitrogen and oxygen atoms in total. The molecule has 2 rings (SSSR count). The van der Waals surface area contributed by atoms with E-state index in [0.29, 0.717) is 11.1 Å². The molecule has 2 unspecified atom stereocenters. The van der Waals surface area contributed by atoms with Crippen molar-refractivity contribution in [2.45, 2.75) is 25.4 Å². The Hall–Kier alpha value is -3.90. The number of carbonyl (C=O) groups is 2. The van der Waals surface area contributed by atoms with Crippen LogP contribution in [0.2, 0.25) is 0 Å². The number of benzene rings is 2. The van der Waals surface area contributed by atoms with Gasteiger partial charge in [-0.25, -0.2) is 9.59 Å². The maximum absolute atomic E-state index is 11.8. The first kappa shape index (κ1) is 22.4. The lowest BCUT2D eigenvalue weighted by Gasteiger charge is -2.16. The van der Waals surface area contributed by atoms with E-state index >= 15 is 0 Å². The molecular formula is C18H16N2O10. The lowest BCUT2D eigenvalue weighted by Crippen LogP contribution is -2.41. The molecule has 0 saturated heterocycles. The highest BCUT2D eigenvalue weighted by atomic mass is 16.6. The van der Waals surface area contributed by atoms with Gasteiger partial charge in [-0.05, 0) is 35.4 Å². The van der Waals surface area contributed by atoms with Gasteiger partial charge in [-0.1, -0.05) is 0 Å². The molecule has 0 aliphatic rings. The molecule has 12 heteroatoms. The first-order valence-electron chi connectivity index (χ1n) is 8.35. The van der Waals surface area contributed by atoms with Crippen LogP contribution >= 0.6 is 0 Å². The predicted octanol–water partition coefficient (Wildman–Crippen LogP) is 1.01. The molecule has 158 valence electrons. The van der Waals surface area contributed by atoms with Gasteiger partial charge in [-0.3, -0.25) is 20.2 Å². The van der Waals surface area contributed by atoms with E-state index in [0.717, 1.165) is 0 Å². The fourth-order valence-electron chi connectivity index (χ4n) is 2.17. The Morgan fingerprint density at radius 1 is 0.733 bits per heavy atom. The molecular weight excluding hydrogens is 404 g/mol. The molecule has 0 radical (unpaired) electrons. The van der Waals surface area contributed by atoms with Crippen molar-refractivity contribution in [2.75, 3.05) is 0 Å². The summed E-state index contributed by atoms with van der Waals surface area (Å²) >= 11 is 0. The molecule has 0 aromatic heterocycles. The summed E-state index contributed by atoms with van der Waals surface area (Å²) in [7, 11) is 0. The first-order valence-corrected chi connectivity index (χ1v) is 8.35. The summed E-state index contributed by atoms with van der Waals surface area (Å²) in [6, 6.07) is 10.2. The quantitative estimate of drug-likeness (QED) is 0.338. The van der Waals surface area contributed by atoms with Crippen molar-refractivity contribution in [1.82, 2.24) is 0 Å². The summed E-state index contributed by atoms with van der Waals surface area (Å²) in [5, 5.41) is 40.7. The molecule has 0 aliphatic carbocycles. The van der Waals surface area contributed by atoms with Crippen molar-refractivity contribution < 1.29 is 39.1 Å². The van der Waals surface area contributed by atoms with Crippen LogP contribution in [0.5, 0.6) is 0 Å². The number of nitro benzene ring substituents is 2. The van der Waals surface area contributed by atoms with Gasteiger partial charge in [0.15, 0.2) is 12.2 Å². The molecule has 0 saturated carbocycles. The third kappa shape index (κ3) is 6.05. The van der Waals surface area contributed by atoms with E-state index in [1.807, 2.05) is 0 Å². The third-order valence-electron chi connectivity index (χ3n) is 3.84. The highest BCUT2D eigenvalue weighted by Gasteiger charge is 2.33. The average Bonchev–Trinajstić information content (AvgIpc) is 2.75. The number of non-ortho nitro benzene ring substituents is 2. The van der Waals surface area contributed by atoms with Crippen LogP contribution in [0.25, 0.3) is 0 Å². The Morgan fingerprint density at radius 2 is 1.03 bits per heavy atom. The van der Waals surface area contributed by atoms with Crippen molar-refractivity contribution in [3.8, 4) is 0 Å². The fourth-order valence-corrected chi connectivity index (χ4v) is 2.17. The Labute approximate surface area is 168 Å². The average molecular weight is 420 g/mol. The molecule has 30 heavy (non-hydrogen) atoms. The summed E-state index contributed by atoms with van der Waals surface area (Å²) in [6.45, 7) is -0.698. The number of ether oxygens (including phenoxy) is 2. The molecule has 0 aliphatic heterocycles. The molecule has 0 spiro atoms. The van der Waals surface area contributed by atoms with Gasteiger partial charge in [0.05, 0.1) is 9.85 Å². The van der Waals surface area contributed by atoms with E-state index < -0.39 is 34.0 Å². The zero-order valence-electron chi connectivity index (χ0n) is 15.2. The SMILES string of the molecule is O=C(OCc1ccc([N+](=O)[O-])cc1)C(O)C(O)C(=O)OCc1ccc([N+](=O)[O-])cc1. The van der Waals surface area contributed by atoms with Gasteiger partial charge in [0.25, 0.3) is 11.4 Å². The number of aliphatic hydroxyl groups is 2. The molecule has 0 bridgehead atoms. The number of carbonyl (C=O) groups excluding carboxylic acids is 2. The van der Waals surface area contributed by atoms with Gasteiger partial charge in [0, 0.05) is 24.3 Å². The number of rotatable bonds is 9. The second-order valence-corrected chi connectivity index (χ2v) is 5.95. The standard InChI is InChI=1S/C18H16N2O10/c21-15(17(23)29-9-11-1-5-13(6-2-11)19(25)26)16(22)18(24)30-10-12-3-7-14(8-4-12)20(27)28/h1-8,15-16,21-22H,9-10H2. The van der Waals surface area contributed by atoms with Crippen LogP contribution < -0.4 is 0 Å². The van der Waals surface area contributed by atoms with E-state index in [9.17, 15) is 40.0 Å². The van der Waals surface area contributed by atoms with E-state index in [1.165, 1.54) is 48.5 Å². The highest BCUT2D eigenvalue weighted by molar-refractivity contribution is 5.85. The smallest absolute Gasteiger partial charge is 0.338 e. The number of aliphatic hydroxyl groups excluding tert-OH is 2. The summed E-state index contributed by atoms with van der Waals surface area (Å²) in [4.78, 5) is 43.6. The van der Waals surface area contributed by atoms with Crippen LogP contribution in [0.1, 0.15) is 11.1 Å². The summed E-state index contributed by atoms with van der Waals surface area (Å²) < 4.78 is 9.54.